The topological polar surface area (TPSA) is 103 Å². The fourth-order valence-corrected chi connectivity index (χ4v) is 3.73. The molecule has 1 saturated heterocycles. The first-order valence-corrected chi connectivity index (χ1v) is 10.9. The molecule has 4 rings (SSSR count). The van der Waals surface area contributed by atoms with Crippen LogP contribution in [0.4, 0.5) is 0 Å². The molecule has 32 heavy (non-hydrogen) atoms. The Hall–Kier alpha value is -3.10. The molecule has 8 heteroatoms. The molecule has 1 unspecified atom stereocenters. The average molecular weight is 436 g/mol. The van der Waals surface area contributed by atoms with Crippen LogP contribution in [0.1, 0.15) is 32.4 Å². The van der Waals surface area contributed by atoms with Crippen LogP contribution in [0.5, 0.6) is 5.88 Å². The van der Waals surface area contributed by atoms with Gasteiger partial charge in [0.15, 0.2) is 5.52 Å². The van der Waals surface area contributed by atoms with Crippen molar-refractivity contribution in [2.45, 2.75) is 32.9 Å². The van der Waals surface area contributed by atoms with E-state index in [4.69, 9.17) is 20.2 Å². The van der Waals surface area contributed by atoms with E-state index in [1.807, 2.05) is 30.3 Å². The first kappa shape index (κ1) is 22.1. The number of carbonyl (C=O) groups excluding carboxylic acids is 1. The molecule has 168 valence electrons. The van der Waals surface area contributed by atoms with Crippen molar-refractivity contribution in [1.82, 2.24) is 19.9 Å². The van der Waals surface area contributed by atoms with E-state index >= 15 is 0 Å². The number of hydrogen-bond acceptors (Lipinski definition) is 7. The van der Waals surface area contributed by atoms with E-state index in [0.29, 0.717) is 42.5 Å². The van der Waals surface area contributed by atoms with Crippen LogP contribution in [-0.2, 0) is 9.53 Å². The summed E-state index contributed by atoms with van der Waals surface area (Å²) in [4.78, 5) is 27.0. The second-order valence-corrected chi connectivity index (χ2v) is 8.40. The van der Waals surface area contributed by atoms with Crippen molar-refractivity contribution in [3.05, 3.63) is 48.3 Å². The van der Waals surface area contributed by atoms with E-state index in [1.165, 1.54) is 0 Å². The highest BCUT2D eigenvalue weighted by atomic mass is 16.5. The van der Waals surface area contributed by atoms with Gasteiger partial charge < -0.3 is 20.1 Å². The number of fused-ring (bicyclic) bond motifs is 1. The van der Waals surface area contributed by atoms with Gasteiger partial charge in [0.2, 0.25) is 11.8 Å². The highest BCUT2D eigenvalue weighted by Gasteiger charge is 2.23. The van der Waals surface area contributed by atoms with Crippen molar-refractivity contribution in [3.63, 3.8) is 0 Å². The predicted molar refractivity (Wildman–Crippen MR) is 122 cm³/mol. The third-order valence-electron chi connectivity index (χ3n) is 5.72. The Morgan fingerprint density at radius 3 is 2.72 bits per heavy atom. The van der Waals surface area contributed by atoms with E-state index in [1.54, 1.807) is 24.2 Å². The van der Waals surface area contributed by atoms with Gasteiger partial charge in [-0.3, -0.25) is 9.78 Å². The van der Waals surface area contributed by atoms with E-state index in [9.17, 15) is 4.79 Å². The summed E-state index contributed by atoms with van der Waals surface area (Å²) in [5.74, 6) is 0.795. The standard InChI is InChI=1S/C24H29N5O3/c1-15(2)22(25)18-6-4-17(5-7-18)20-12-21-23(27-9-8-26-21)24(28-20)32-14-19-13-29(16(3)30)10-11-31-19/h4-9,12,15,19,22H,10-11,13-14,25H2,1-3H3/t19-,22?/m0/s1. The molecule has 1 aliphatic heterocycles. The van der Waals surface area contributed by atoms with Gasteiger partial charge in [0, 0.05) is 37.5 Å². The monoisotopic (exact) mass is 435 g/mol. The number of morpholine rings is 1. The SMILES string of the molecule is CC(=O)N1CCO[C@H](COc2nc(-c3ccc(C(N)C(C)C)cc3)cc3nccnc23)C1. The maximum atomic E-state index is 11.7. The molecule has 0 radical (unpaired) electrons. The quantitative estimate of drug-likeness (QED) is 0.635. The number of carbonyl (C=O) groups is 1. The molecule has 3 heterocycles. The molecule has 0 bridgehead atoms. The summed E-state index contributed by atoms with van der Waals surface area (Å²) < 4.78 is 11.8. The fourth-order valence-electron chi connectivity index (χ4n) is 3.73. The molecule has 0 aliphatic carbocycles. The number of ether oxygens (including phenoxy) is 2. The van der Waals surface area contributed by atoms with Gasteiger partial charge in [0.05, 0.1) is 24.4 Å². The smallest absolute Gasteiger partial charge is 0.242 e. The molecular weight excluding hydrogens is 406 g/mol. The number of nitrogens with zero attached hydrogens (tertiary/aromatic N) is 4. The molecule has 1 amide bonds. The molecule has 8 nitrogen and oxygen atoms in total. The molecule has 1 fully saturated rings. The Morgan fingerprint density at radius 2 is 2.00 bits per heavy atom. The zero-order chi connectivity index (χ0) is 22.7. The molecule has 0 saturated carbocycles. The van der Waals surface area contributed by atoms with Crippen LogP contribution in [-0.4, -0.2) is 58.2 Å². The van der Waals surface area contributed by atoms with Crippen molar-refractivity contribution in [2.24, 2.45) is 11.7 Å². The summed E-state index contributed by atoms with van der Waals surface area (Å²) in [6.07, 6.45) is 3.05. The van der Waals surface area contributed by atoms with Crippen molar-refractivity contribution < 1.29 is 14.3 Å². The van der Waals surface area contributed by atoms with Gasteiger partial charge in [0.25, 0.3) is 0 Å². The average Bonchev–Trinajstić information content (AvgIpc) is 2.82. The normalized spacial score (nSPS) is 17.5. The number of amides is 1. The number of nitrogens with two attached hydrogens (primary N) is 1. The summed E-state index contributed by atoms with van der Waals surface area (Å²) in [5.41, 5.74) is 10.3. The number of rotatable bonds is 6. The van der Waals surface area contributed by atoms with Crippen LogP contribution in [0.15, 0.2) is 42.7 Å². The predicted octanol–water partition coefficient (Wildman–Crippen LogP) is 2.97. The van der Waals surface area contributed by atoms with Crippen LogP contribution in [0.25, 0.3) is 22.3 Å². The zero-order valence-corrected chi connectivity index (χ0v) is 18.7. The van der Waals surface area contributed by atoms with E-state index in [-0.39, 0.29) is 24.7 Å². The van der Waals surface area contributed by atoms with Gasteiger partial charge in [-0.05, 0) is 17.5 Å². The lowest BCUT2D eigenvalue weighted by Crippen LogP contribution is -2.46. The highest BCUT2D eigenvalue weighted by molar-refractivity contribution is 5.83. The third kappa shape index (κ3) is 4.87. The minimum absolute atomic E-state index is 0.0107. The Kier molecular flexibility index (Phi) is 6.62. The number of pyridine rings is 1. The lowest BCUT2D eigenvalue weighted by Gasteiger charge is -2.32. The molecule has 2 N–H and O–H groups in total. The molecule has 0 spiro atoms. The van der Waals surface area contributed by atoms with Crippen LogP contribution >= 0.6 is 0 Å². The van der Waals surface area contributed by atoms with Crippen molar-refractivity contribution in [1.29, 1.82) is 0 Å². The molecule has 1 aromatic carbocycles. The summed E-state index contributed by atoms with van der Waals surface area (Å²) in [6, 6.07) is 10.00. The van der Waals surface area contributed by atoms with Gasteiger partial charge in [0.1, 0.15) is 12.7 Å². The van der Waals surface area contributed by atoms with E-state index < -0.39 is 0 Å². The second-order valence-electron chi connectivity index (χ2n) is 8.40. The van der Waals surface area contributed by atoms with Gasteiger partial charge in [-0.2, -0.15) is 0 Å². The largest absolute Gasteiger partial charge is 0.473 e. The minimum Gasteiger partial charge on any atom is -0.473 e. The van der Waals surface area contributed by atoms with Crippen molar-refractivity contribution in [2.75, 3.05) is 26.3 Å². The number of benzene rings is 1. The maximum absolute atomic E-state index is 11.7. The van der Waals surface area contributed by atoms with Crippen LogP contribution in [0, 0.1) is 5.92 Å². The first-order chi connectivity index (χ1) is 15.4. The Morgan fingerprint density at radius 1 is 1.25 bits per heavy atom. The van der Waals surface area contributed by atoms with Crippen molar-refractivity contribution in [3.8, 4) is 17.1 Å². The Bertz CT molecular complexity index is 1090. The second kappa shape index (κ2) is 9.58. The molecule has 2 atom stereocenters. The van der Waals surface area contributed by atoms with E-state index in [0.717, 1.165) is 16.8 Å². The summed E-state index contributed by atoms with van der Waals surface area (Å²) >= 11 is 0. The first-order valence-electron chi connectivity index (χ1n) is 10.9. The number of hydrogen-bond donors (Lipinski definition) is 1. The minimum atomic E-state index is -0.221. The van der Waals surface area contributed by atoms with E-state index in [2.05, 4.69) is 23.8 Å². The molecular formula is C24H29N5O3. The molecule has 2 aromatic heterocycles. The summed E-state index contributed by atoms with van der Waals surface area (Å²) in [6.45, 7) is 7.65. The fraction of sp³-hybridized carbons (Fsp3) is 0.417. The lowest BCUT2D eigenvalue weighted by molar-refractivity contribution is -0.137. The maximum Gasteiger partial charge on any atom is 0.242 e. The molecule has 3 aromatic rings. The summed E-state index contributed by atoms with van der Waals surface area (Å²) in [7, 11) is 0. The molecule has 1 aliphatic rings. The van der Waals surface area contributed by atoms with Crippen LogP contribution < -0.4 is 10.5 Å². The van der Waals surface area contributed by atoms with Gasteiger partial charge in [-0.25, -0.2) is 9.97 Å². The van der Waals surface area contributed by atoms with Crippen molar-refractivity contribution >= 4 is 16.9 Å². The third-order valence-corrected chi connectivity index (χ3v) is 5.72. The Labute approximate surface area is 187 Å². The zero-order valence-electron chi connectivity index (χ0n) is 18.7. The van der Waals surface area contributed by atoms with Gasteiger partial charge in [-0.15, -0.1) is 0 Å². The lowest BCUT2D eigenvalue weighted by atomic mass is 9.96. The highest BCUT2D eigenvalue weighted by Crippen LogP contribution is 2.28. The van der Waals surface area contributed by atoms with Gasteiger partial charge >= 0.3 is 0 Å². The Balaban J connectivity index is 1.58. The van der Waals surface area contributed by atoms with Gasteiger partial charge in [-0.1, -0.05) is 38.1 Å². The van der Waals surface area contributed by atoms with Crippen LogP contribution in [0.3, 0.4) is 0 Å². The van der Waals surface area contributed by atoms with Crippen LogP contribution in [0.2, 0.25) is 0 Å². The number of aromatic nitrogens is 3. The summed E-state index contributed by atoms with van der Waals surface area (Å²) in [5, 5.41) is 0.